The van der Waals surface area contributed by atoms with Gasteiger partial charge in [0.15, 0.2) is 0 Å². The molecule has 0 bridgehead atoms. The second-order valence-electron chi connectivity index (χ2n) is 4.16. The number of para-hydroxylation sites is 1. The van der Waals surface area contributed by atoms with Crippen molar-refractivity contribution in [1.29, 1.82) is 0 Å². The van der Waals surface area contributed by atoms with Crippen LogP contribution in [0.25, 0.3) is 11.0 Å². The Morgan fingerprint density at radius 2 is 2.06 bits per heavy atom. The number of anilines is 1. The van der Waals surface area contributed by atoms with Crippen LogP contribution in [0.15, 0.2) is 34.9 Å². The van der Waals surface area contributed by atoms with Crippen LogP contribution in [0.1, 0.15) is 13.8 Å². The fourth-order valence-electron chi connectivity index (χ4n) is 1.35. The predicted octanol–water partition coefficient (Wildman–Crippen LogP) is 2.14. The molecule has 16 heavy (non-hydrogen) atoms. The first-order valence-corrected chi connectivity index (χ1v) is 4.98. The van der Waals surface area contributed by atoms with E-state index in [2.05, 4.69) is 5.32 Å². The largest absolute Gasteiger partial charge is 0.462 e. The molecule has 2 N–H and O–H groups in total. The van der Waals surface area contributed by atoms with Crippen LogP contribution in [0.5, 0.6) is 0 Å². The van der Waals surface area contributed by atoms with Crippen LogP contribution in [-0.4, -0.2) is 16.6 Å². The Hall–Kier alpha value is -1.81. The molecule has 0 unspecified atom stereocenters. The Morgan fingerprint density at radius 1 is 1.38 bits per heavy atom. The molecule has 0 aliphatic carbocycles. The maximum Gasteiger partial charge on any atom is 0.255 e. The van der Waals surface area contributed by atoms with Gasteiger partial charge in [0.2, 0.25) is 0 Å². The summed E-state index contributed by atoms with van der Waals surface area (Å²) < 4.78 is 5.27. The average Bonchev–Trinajstić information content (AvgIpc) is 2.61. The second-order valence-corrected chi connectivity index (χ2v) is 4.16. The summed E-state index contributed by atoms with van der Waals surface area (Å²) in [6, 6.07) is 7.37. The number of nitrogens with one attached hydrogen (secondary N) is 1. The van der Waals surface area contributed by atoms with Gasteiger partial charge in [-0.05, 0) is 26.0 Å². The summed E-state index contributed by atoms with van der Waals surface area (Å²) in [5.74, 6) is -0.459. The molecular formula is C12H13NO3. The van der Waals surface area contributed by atoms with Crippen molar-refractivity contribution in [2.45, 2.75) is 19.4 Å². The van der Waals surface area contributed by atoms with Gasteiger partial charge in [-0.25, -0.2) is 0 Å². The third-order valence-corrected chi connectivity index (χ3v) is 2.28. The quantitative estimate of drug-likeness (QED) is 0.813. The number of furan rings is 1. The minimum atomic E-state index is -1.40. The lowest BCUT2D eigenvalue weighted by molar-refractivity contribution is -0.130. The van der Waals surface area contributed by atoms with E-state index in [9.17, 15) is 9.90 Å². The number of carbonyl (C=O) groups is 1. The number of carbonyl (C=O) groups excluding carboxylic acids is 1. The van der Waals surface area contributed by atoms with E-state index in [0.717, 1.165) is 5.39 Å². The van der Waals surface area contributed by atoms with E-state index in [1.807, 2.05) is 24.3 Å². The zero-order valence-corrected chi connectivity index (χ0v) is 9.15. The topological polar surface area (TPSA) is 62.5 Å². The lowest BCUT2D eigenvalue weighted by Gasteiger charge is -2.15. The summed E-state index contributed by atoms with van der Waals surface area (Å²) in [5.41, 5.74) is -0.130. The van der Waals surface area contributed by atoms with Gasteiger partial charge in [0.1, 0.15) is 17.4 Å². The third kappa shape index (κ3) is 1.92. The number of rotatable bonds is 2. The molecule has 2 aromatic rings. The summed E-state index contributed by atoms with van der Waals surface area (Å²) in [5, 5.41) is 13.0. The van der Waals surface area contributed by atoms with Crippen molar-refractivity contribution in [2.75, 3.05) is 5.32 Å². The second kappa shape index (κ2) is 3.64. The molecule has 0 radical (unpaired) electrons. The first-order chi connectivity index (χ1) is 7.48. The Balaban J connectivity index is 2.32. The highest BCUT2D eigenvalue weighted by atomic mass is 16.3. The van der Waals surface area contributed by atoms with Gasteiger partial charge in [0.05, 0.1) is 5.69 Å². The lowest BCUT2D eigenvalue weighted by Crippen LogP contribution is -2.36. The highest BCUT2D eigenvalue weighted by Gasteiger charge is 2.24. The molecule has 0 saturated heterocycles. The highest BCUT2D eigenvalue weighted by molar-refractivity contribution is 6.03. The SMILES string of the molecule is CC(C)(O)C(=O)Nc1coc2ccccc12. The number of benzene rings is 1. The van der Waals surface area contributed by atoms with Gasteiger partial charge in [-0.15, -0.1) is 0 Å². The van der Waals surface area contributed by atoms with E-state index < -0.39 is 11.5 Å². The van der Waals surface area contributed by atoms with Gasteiger partial charge in [-0.2, -0.15) is 0 Å². The minimum absolute atomic E-state index is 0.459. The van der Waals surface area contributed by atoms with Crippen molar-refractivity contribution in [2.24, 2.45) is 0 Å². The molecule has 1 heterocycles. The highest BCUT2D eigenvalue weighted by Crippen LogP contribution is 2.25. The van der Waals surface area contributed by atoms with E-state index in [1.165, 1.54) is 20.1 Å². The average molecular weight is 219 g/mol. The molecule has 0 spiro atoms. The third-order valence-electron chi connectivity index (χ3n) is 2.28. The van der Waals surface area contributed by atoms with Crippen LogP contribution in [0.3, 0.4) is 0 Å². The van der Waals surface area contributed by atoms with Crippen molar-refractivity contribution in [3.8, 4) is 0 Å². The summed E-state index contributed by atoms with van der Waals surface area (Å²) in [6.45, 7) is 2.87. The maximum absolute atomic E-state index is 11.6. The van der Waals surface area contributed by atoms with Crippen LogP contribution in [-0.2, 0) is 4.79 Å². The van der Waals surface area contributed by atoms with E-state index in [1.54, 1.807) is 0 Å². The van der Waals surface area contributed by atoms with Gasteiger partial charge in [-0.3, -0.25) is 4.79 Å². The summed E-state index contributed by atoms with van der Waals surface area (Å²) >= 11 is 0. The Labute approximate surface area is 92.9 Å². The smallest absolute Gasteiger partial charge is 0.255 e. The number of amides is 1. The van der Waals surface area contributed by atoms with Gasteiger partial charge in [0, 0.05) is 5.39 Å². The standard InChI is InChI=1S/C12H13NO3/c1-12(2,15)11(14)13-9-7-16-10-6-4-3-5-8(9)10/h3-7,15H,1-2H3,(H,13,14). The van der Waals surface area contributed by atoms with E-state index in [4.69, 9.17) is 4.42 Å². The maximum atomic E-state index is 11.6. The number of hydrogen-bond donors (Lipinski definition) is 2. The number of fused-ring (bicyclic) bond motifs is 1. The predicted molar refractivity (Wildman–Crippen MR) is 61.1 cm³/mol. The number of aliphatic hydroxyl groups is 1. The van der Waals surface area contributed by atoms with Gasteiger partial charge in [0.25, 0.3) is 5.91 Å². The summed E-state index contributed by atoms with van der Waals surface area (Å²) in [6.07, 6.45) is 1.47. The molecule has 1 aromatic carbocycles. The molecule has 0 saturated carbocycles. The van der Waals surface area contributed by atoms with Gasteiger partial charge in [-0.1, -0.05) is 12.1 Å². The van der Waals surface area contributed by atoms with Gasteiger partial charge >= 0.3 is 0 Å². The Bertz CT molecular complexity index is 522. The molecule has 84 valence electrons. The van der Waals surface area contributed by atoms with E-state index >= 15 is 0 Å². The Kier molecular flexibility index (Phi) is 2.44. The summed E-state index contributed by atoms with van der Waals surface area (Å²) in [7, 11) is 0. The van der Waals surface area contributed by atoms with Crippen molar-refractivity contribution < 1.29 is 14.3 Å². The van der Waals surface area contributed by atoms with Crippen LogP contribution in [0.2, 0.25) is 0 Å². The van der Waals surface area contributed by atoms with Crippen molar-refractivity contribution in [3.05, 3.63) is 30.5 Å². The van der Waals surface area contributed by atoms with Crippen LogP contribution in [0.4, 0.5) is 5.69 Å². The van der Waals surface area contributed by atoms with Crippen LogP contribution >= 0.6 is 0 Å². The van der Waals surface area contributed by atoms with E-state index in [0.29, 0.717) is 11.3 Å². The van der Waals surface area contributed by atoms with Crippen molar-refractivity contribution in [3.63, 3.8) is 0 Å². The van der Waals surface area contributed by atoms with Crippen molar-refractivity contribution >= 4 is 22.6 Å². The molecular weight excluding hydrogens is 206 g/mol. The first-order valence-electron chi connectivity index (χ1n) is 4.98. The summed E-state index contributed by atoms with van der Waals surface area (Å²) in [4.78, 5) is 11.6. The zero-order valence-electron chi connectivity index (χ0n) is 9.15. The van der Waals surface area contributed by atoms with E-state index in [-0.39, 0.29) is 0 Å². The fourth-order valence-corrected chi connectivity index (χ4v) is 1.35. The molecule has 2 rings (SSSR count). The normalized spacial score (nSPS) is 11.7. The van der Waals surface area contributed by atoms with Crippen LogP contribution < -0.4 is 5.32 Å². The van der Waals surface area contributed by atoms with Crippen molar-refractivity contribution in [1.82, 2.24) is 0 Å². The monoisotopic (exact) mass is 219 g/mol. The fraction of sp³-hybridized carbons (Fsp3) is 0.250. The minimum Gasteiger partial charge on any atom is -0.462 e. The molecule has 0 aliphatic rings. The first kappa shape index (κ1) is 10.7. The molecule has 0 atom stereocenters. The molecule has 1 amide bonds. The molecule has 0 fully saturated rings. The molecule has 4 nitrogen and oxygen atoms in total. The zero-order chi connectivity index (χ0) is 11.8. The Morgan fingerprint density at radius 3 is 2.75 bits per heavy atom. The number of hydrogen-bond acceptors (Lipinski definition) is 3. The molecule has 1 aromatic heterocycles. The van der Waals surface area contributed by atoms with Crippen LogP contribution in [0, 0.1) is 0 Å². The lowest BCUT2D eigenvalue weighted by atomic mass is 10.1. The molecule has 4 heteroatoms. The van der Waals surface area contributed by atoms with Gasteiger partial charge < -0.3 is 14.8 Å². The molecule has 0 aliphatic heterocycles.